The summed E-state index contributed by atoms with van der Waals surface area (Å²) in [4.78, 5) is 37.1. The first kappa shape index (κ1) is 24.4. The Morgan fingerprint density at radius 1 is 1.08 bits per heavy atom. The van der Waals surface area contributed by atoms with Crippen LogP contribution in [-0.2, 0) is 22.6 Å². The number of hydrogen-bond donors (Lipinski definition) is 3. The summed E-state index contributed by atoms with van der Waals surface area (Å²) in [6, 6.07) is 11.4. The van der Waals surface area contributed by atoms with Crippen molar-refractivity contribution in [2.24, 2.45) is 5.92 Å². The summed E-state index contributed by atoms with van der Waals surface area (Å²) in [6.07, 6.45) is 9.11. The zero-order chi connectivity index (χ0) is 26.2. The molecule has 0 saturated heterocycles. The van der Waals surface area contributed by atoms with Crippen LogP contribution in [0.2, 0.25) is 5.02 Å². The maximum atomic E-state index is 12.8. The predicted octanol–water partition coefficient (Wildman–Crippen LogP) is 5.03. The molecule has 4 aromatic rings. The van der Waals surface area contributed by atoms with Crippen LogP contribution in [0.1, 0.15) is 59.9 Å². The number of amides is 1. The van der Waals surface area contributed by atoms with E-state index in [0.29, 0.717) is 35.5 Å². The second kappa shape index (κ2) is 10.1. The molecule has 1 aromatic carbocycles. The molecule has 0 spiro atoms. The average Bonchev–Trinajstić information content (AvgIpc) is 3.82. The molecule has 2 atom stereocenters. The van der Waals surface area contributed by atoms with Crippen LogP contribution >= 0.6 is 11.6 Å². The van der Waals surface area contributed by atoms with Gasteiger partial charge in [0.2, 0.25) is 5.91 Å². The van der Waals surface area contributed by atoms with E-state index in [9.17, 15) is 9.59 Å². The zero-order valence-corrected chi connectivity index (χ0v) is 21.4. The molecule has 2 aliphatic carbocycles. The van der Waals surface area contributed by atoms with E-state index in [1.807, 2.05) is 34.9 Å². The van der Waals surface area contributed by atoms with Crippen LogP contribution < -0.4 is 10.6 Å². The number of carboxylic acids is 1. The lowest BCUT2D eigenvalue weighted by Gasteiger charge is -2.07. The molecule has 0 radical (unpaired) electrons. The van der Waals surface area contributed by atoms with Gasteiger partial charge in [-0.25, -0.2) is 15.0 Å². The van der Waals surface area contributed by atoms with Gasteiger partial charge in [-0.3, -0.25) is 9.59 Å². The third-order valence-corrected chi connectivity index (χ3v) is 7.36. The number of nitrogens with zero attached hydrogens (tertiary/aromatic N) is 4. The first-order valence-corrected chi connectivity index (χ1v) is 13.1. The van der Waals surface area contributed by atoms with Gasteiger partial charge in [0.1, 0.15) is 23.6 Å². The number of hydrogen-bond acceptors (Lipinski definition) is 6. The Bertz CT molecular complexity index is 1530. The number of halogens is 1. The Morgan fingerprint density at radius 3 is 2.71 bits per heavy atom. The Morgan fingerprint density at radius 2 is 1.92 bits per heavy atom. The highest BCUT2D eigenvalue weighted by molar-refractivity contribution is 6.30. The van der Waals surface area contributed by atoms with Gasteiger partial charge in [0.15, 0.2) is 0 Å². The van der Waals surface area contributed by atoms with Crippen molar-refractivity contribution in [3.05, 3.63) is 82.5 Å². The fourth-order valence-electron chi connectivity index (χ4n) is 4.91. The molecule has 3 heterocycles. The van der Waals surface area contributed by atoms with Crippen LogP contribution in [-0.4, -0.2) is 36.3 Å². The maximum absolute atomic E-state index is 12.8. The number of imidazole rings is 1. The number of aromatic nitrogens is 4. The van der Waals surface area contributed by atoms with Crippen LogP contribution in [0.15, 0.2) is 55.1 Å². The van der Waals surface area contributed by atoms with E-state index in [1.54, 1.807) is 6.07 Å². The van der Waals surface area contributed by atoms with Gasteiger partial charge in [0, 0.05) is 35.8 Å². The molecule has 1 amide bonds. The number of carboxylic acid groups (broad SMARTS) is 1. The first-order chi connectivity index (χ1) is 18.4. The van der Waals surface area contributed by atoms with Crippen LogP contribution in [0.25, 0.3) is 5.65 Å². The Balaban J connectivity index is 1.11. The van der Waals surface area contributed by atoms with E-state index >= 15 is 0 Å². The molecule has 9 nitrogen and oxygen atoms in total. The van der Waals surface area contributed by atoms with Crippen molar-refractivity contribution < 1.29 is 14.7 Å². The number of aliphatic carboxylic acids is 1. The Hall–Kier alpha value is -3.98. The lowest BCUT2D eigenvalue weighted by Crippen LogP contribution is -2.16. The molecule has 3 aromatic heterocycles. The molecule has 0 bridgehead atoms. The van der Waals surface area contributed by atoms with Crippen molar-refractivity contribution in [2.75, 3.05) is 10.6 Å². The van der Waals surface area contributed by atoms with Crippen molar-refractivity contribution >= 4 is 40.8 Å². The number of carbonyl (C=O) groups is 2. The number of benzene rings is 1. The minimum absolute atomic E-state index is 0.0691. The number of nitrogens with one attached hydrogen (secondary N) is 2. The van der Waals surface area contributed by atoms with E-state index in [-0.39, 0.29) is 24.2 Å². The molecular formula is C28H27ClN6O3. The van der Waals surface area contributed by atoms with Gasteiger partial charge in [-0.2, -0.15) is 0 Å². The molecule has 0 unspecified atom stereocenters. The normalized spacial score (nSPS) is 18.3. The summed E-state index contributed by atoms with van der Waals surface area (Å²) in [5.41, 5.74) is 4.85. The maximum Gasteiger partial charge on any atom is 0.303 e. The summed E-state index contributed by atoms with van der Waals surface area (Å²) in [7, 11) is 0. The van der Waals surface area contributed by atoms with Crippen LogP contribution in [0.5, 0.6) is 0 Å². The summed E-state index contributed by atoms with van der Waals surface area (Å²) in [5, 5.41) is 16.0. The molecule has 2 saturated carbocycles. The second-order valence-electron chi connectivity index (χ2n) is 10.1. The van der Waals surface area contributed by atoms with Crippen molar-refractivity contribution in [1.82, 2.24) is 19.4 Å². The molecule has 2 aliphatic rings. The molecule has 2 fully saturated rings. The number of fused-ring (bicyclic) bond motifs is 1. The summed E-state index contributed by atoms with van der Waals surface area (Å²) >= 11 is 6.09. The quantitative estimate of drug-likeness (QED) is 0.263. The second-order valence-corrected chi connectivity index (χ2v) is 10.5. The number of pyridine rings is 1. The van der Waals surface area contributed by atoms with E-state index in [0.717, 1.165) is 28.9 Å². The summed E-state index contributed by atoms with van der Waals surface area (Å²) in [6.45, 7) is 0.419. The molecule has 194 valence electrons. The van der Waals surface area contributed by atoms with Gasteiger partial charge in [-0.05, 0) is 66.3 Å². The third kappa shape index (κ3) is 5.47. The molecule has 3 N–H and O–H groups in total. The van der Waals surface area contributed by atoms with E-state index in [1.165, 1.54) is 24.7 Å². The highest BCUT2D eigenvalue weighted by atomic mass is 35.5. The fourth-order valence-corrected chi connectivity index (χ4v) is 5.11. The van der Waals surface area contributed by atoms with Gasteiger partial charge in [-0.1, -0.05) is 29.8 Å². The average molecular weight is 531 g/mol. The highest BCUT2D eigenvalue weighted by Crippen LogP contribution is 2.48. The van der Waals surface area contributed by atoms with Crippen LogP contribution in [0.3, 0.4) is 0 Å². The van der Waals surface area contributed by atoms with Crippen LogP contribution in [0.4, 0.5) is 11.6 Å². The fraction of sp³-hybridized carbons (Fsp3) is 0.321. The van der Waals surface area contributed by atoms with Gasteiger partial charge in [0.25, 0.3) is 0 Å². The molecule has 0 aliphatic heterocycles. The van der Waals surface area contributed by atoms with Crippen molar-refractivity contribution in [3.63, 3.8) is 0 Å². The SMILES string of the molecule is O=C(O)CCc1cc(C2CC2)cn2cc(CNc3cc(NC(=O)[C@H]4C[C@@H]4c4cccc(Cl)c4)ncn3)nc12. The lowest BCUT2D eigenvalue weighted by atomic mass is 10.1. The monoisotopic (exact) mass is 530 g/mol. The highest BCUT2D eigenvalue weighted by Gasteiger charge is 2.44. The van der Waals surface area contributed by atoms with Gasteiger partial charge in [-0.15, -0.1) is 0 Å². The minimum Gasteiger partial charge on any atom is -0.481 e. The van der Waals surface area contributed by atoms with Gasteiger partial charge < -0.3 is 20.1 Å². The summed E-state index contributed by atoms with van der Waals surface area (Å²) < 4.78 is 2.00. The van der Waals surface area contributed by atoms with E-state index in [4.69, 9.17) is 21.7 Å². The lowest BCUT2D eigenvalue weighted by molar-refractivity contribution is -0.137. The number of aryl methyl sites for hydroxylation is 1. The van der Waals surface area contributed by atoms with Gasteiger partial charge >= 0.3 is 5.97 Å². The van der Waals surface area contributed by atoms with Crippen molar-refractivity contribution in [1.29, 1.82) is 0 Å². The predicted molar refractivity (Wildman–Crippen MR) is 143 cm³/mol. The van der Waals surface area contributed by atoms with Crippen molar-refractivity contribution in [3.8, 4) is 0 Å². The molecule has 38 heavy (non-hydrogen) atoms. The van der Waals surface area contributed by atoms with Crippen LogP contribution in [0, 0.1) is 5.92 Å². The Kier molecular flexibility index (Phi) is 6.45. The first-order valence-electron chi connectivity index (χ1n) is 12.8. The Labute approximate surface area is 224 Å². The largest absolute Gasteiger partial charge is 0.481 e. The third-order valence-electron chi connectivity index (χ3n) is 7.13. The molecular weight excluding hydrogens is 504 g/mol. The number of rotatable bonds is 10. The van der Waals surface area contributed by atoms with Gasteiger partial charge in [0.05, 0.1) is 12.2 Å². The molecule has 10 heteroatoms. The smallest absolute Gasteiger partial charge is 0.303 e. The number of carbonyl (C=O) groups excluding carboxylic acids is 1. The minimum atomic E-state index is -0.818. The zero-order valence-electron chi connectivity index (χ0n) is 20.6. The number of anilines is 2. The standard InChI is InChI=1S/C28H27ClN6O3/c29-20-3-1-2-17(9-20)22-10-23(22)28(38)34-25-11-24(31-15-32-25)30-12-21-14-35-13-19(16-4-5-16)8-18(27(35)33-21)6-7-26(36)37/h1-3,8-9,11,13-16,22-23H,4-7,10,12H2,(H,36,37)(H2,30,31,32,34,38)/t22-,23+/m1/s1. The van der Waals surface area contributed by atoms with E-state index < -0.39 is 5.97 Å². The topological polar surface area (TPSA) is 122 Å². The molecule has 6 rings (SSSR count). The summed E-state index contributed by atoms with van der Waals surface area (Å²) in [5.74, 6) is 0.737. The van der Waals surface area contributed by atoms with E-state index in [2.05, 4.69) is 32.9 Å². The van der Waals surface area contributed by atoms with Crippen molar-refractivity contribution in [2.45, 2.75) is 50.5 Å².